The molecule has 2 atom stereocenters. The Morgan fingerprint density at radius 1 is 1.14 bits per heavy atom. The number of likely N-dealkylation sites (tertiary alicyclic amines) is 1. The van der Waals surface area contributed by atoms with Gasteiger partial charge >= 0.3 is 0 Å². The molecule has 0 radical (unpaired) electrons. The van der Waals surface area contributed by atoms with Gasteiger partial charge in [-0.05, 0) is 42.9 Å². The average molecular weight is 389 g/mol. The van der Waals surface area contributed by atoms with Crippen LogP contribution in [0.5, 0.6) is 0 Å². The van der Waals surface area contributed by atoms with Gasteiger partial charge < -0.3 is 19.7 Å². The Morgan fingerprint density at radius 2 is 1.79 bits per heavy atom. The van der Waals surface area contributed by atoms with Gasteiger partial charge in [-0.2, -0.15) is 0 Å². The van der Waals surface area contributed by atoms with Crippen LogP contribution in [0.25, 0.3) is 0 Å². The Balaban J connectivity index is 1.56. The normalized spacial score (nSPS) is 22.1. The van der Waals surface area contributed by atoms with Crippen molar-refractivity contribution in [3.63, 3.8) is 0 Å². The van der Waals surface area contributed by atoms with E-state index < -0.39 is 6.04 Å². The van der Waals surface area contributed by atoms with Gasteiger partial charge in [0.15, 0.2) is 6.29 Å². The van der Waals surface area contributed by atoms with Gasteiger partial charge in [-0.3, -0.25) is 9.59 Å². The first-order valence-electron chi connectivity index (χ1n) is 10.2. The second-order valence-electron chi connectivity index (χ2n) is 8.82. The number of hydrogen-bond acceptors (Lipinski definition) is 4. The molecule has 2 saturated heterocycles. The van der Waals surface area contributed by atoms with Crippen molar-refractivity contribution < 1.29 is 19.1 Å². The van der Waals surface area contributed by atoms with E-state index in [9.17, 15) is 9.59 Å². The second kappa shape index (κ2) is 8.62. The third-order valence-corrected chi connectivity index (χ3v) is 5.53. The van der Waals surface area contributed by atoms with Crippen molar-refractivity contribution in [1.29, 1.82) is 0 Å². The third-order valence-electron chi connectivity index (χ3n) is 5.53. The van der Waals surface area contributed by atoms with Crippen LogP contribution in [0.2, 0.25) is 0 Å². The number of carbonyl (C=O) groups excluding carboxylic acids is 2. The zero-order valence-electron chi connectivity index (χ0n) is 17.4. The van der Waals surface area contributed by atoms with E-state index in [-0.39, 0.29) is 29.4 Å². The van der Waals surface area contributed by atoms with Crippen LogP contribution >= 0.6 is 0 Å². The topological polar surface area (TPSA) is 67.9 Å². The minimum absolute atomic E-state index is 0.0375. The highest BCUT2D eigenvalue weighted by Crippen LogP contribution is 2.25. The first-order chi connectivity index (χ1) is 13.3. The van der Waals surface area contributed by atoms with Crippen molar-refractivity contribution in [1.82, 2.24) is 10.2 Å². The van der Waals surface area contributed by atoms with E-state index in [2.05, 4.69) is 26.1 Å². The van der Waals surface area contributed by atoms with Crippen molar-refractivity contribution in [3.05, 3.63) is 35.4 Å². The summed E-state index contributed by atoms with van der Waals surface area (Å²) >= 11 is 0. The molecule has 2 aliphatic rings. The van der Waals surface area contributed by atoms with Crippen LogP contribution in [-0.2, 0) is 19.7 Å². The lowest BCUT2D eigenvalue weighted by Gasteiger charge is -2.36. The number of piperidine rings is 1. The van der Waals surface area contributed by atoms with Crippen LogP contribution in [0.3, 0.4) is 0 Å². The summed E-state index contributed by atoms with van der Waals surface area (Å²) in [6.07, 6.45) is 1.71. The molecule has 1 aromatic rings. The molecule has 28 heavy (non-hydrogen) atoms. The van der Waals surface area contributed by atoms with E-state index in [0.717, 1.165) is 12.8 Å². The molecule has 0 aliphatic carbocycles. The number of carbonyl (C=O) groups is 2. The number of nitrogens with one attached hydrogen (secondary N) is 1. The predicted molar refractivity (Wildman–Crippen MR) is 107 cm³/mol. The summed E-state index contributed by atoms with van der Waals surface area (Å²) in [6.45, 7) is 10.7. The van der Waals surface area contributed by atoms with Gasteiger partial charge in [0.1, 0.15) is 6.04 Å². The number of benzene rings is 1. The van der Waals surface area contributed by atoms with Gasteiger partial charge in [0.2, 0.25) is 5.91 Å². The Bertz CT molecular complexity index is 689. The van der Waals surface area contributed by atoms with E-state index >= 15 is 0 Å². The molecule has 2 fully saturated rings. The van der Waals surface area contributed by atoms with Crippen LogP contribution in [0, 0.1) is 5.92 Å². The molecule has 2 unspecified atom stereocenters. The monoisotopic (exact) mass is 388 g/mol. The number of hydrogen-bond donors (Lipinski definition) is 1. The molecule has 3 rings (SSSR count). The van der Waals surface area contributed by atoms with E-state index in [1.807, 2.05) is 29.2 Å². The molecule has 1 N–H and O–H groups in total. The van der Waals surface area contributed by atoms with Crippen molar-refractivity contribution in [2.24, 2.45) is 5.92 Å². The van der Waals surface area contributed by atoms with Gasteiger partial charge in [-0.1, -0.05) is 32.9 Å². The lowest BCUT2D eigenvalue weighted by atomic mass is 9.86. The quantitative estimate of drug-likeness (QED) is 0.861. The van der Waals surface area contributed by atoms with E-state index in [1.165, 1.54) is 5.56 Å². The maximum atomic E-state index is 12.8. The molecule has 0 bridgehead atoms. The standard InChI is InChI=1S/C22H32N2O4/c1-15(23-19(25)16-7-9-18(10-8-16)22(2,3)4)20(26)24-11-5-6-17(14-24)21-27-12-13-28-21/h7-10,15,17,21H,5-6,11-14H2,1-4H3,(H,23,25). The van der Waals surface area contributed by atoms with Crippen molar-refractivity contribution in [3.8, 4) is 0 Å². The summed E-state index contributed by atoms with van der Waals surface area (Å²) in [5.74, 6) is -0.0762. The molecule has 1 aromatic carbocycles. The summed E-state index contributed by atoms with van der Waals surface area (Å²) in [4.78, 5) is 27.2. The van der Waals surface area contributed by atoms with Crippen LogP contribution in [0.15, 0.2) is 24.3 Å². The third kappa shape index (κ3) is 4.92. The first kappa shape index (κ1) is 20.8. The summed E-state index contributed by atoms with van der Waals surface area (Å²) < 4.78 is 11.2. The Morgan fingerprint density at radius 3 is 2.39 bits per heavy atom. The molecule has 154 valence electrons. The number of ether oxygens (including phenoxy) is 2. The number of amides is 2. The fourth-order valence-corrected chi connectivity index (χ4v) is 3.82. The highest BCUT2D eigenvalue weighted by Gasteiger charge is 2.34. The Hall–Kier alpha value is -1.92. The van der Waals surface area contributed by atoms with Gasteiger partial charge in [0, 0.05) is 24.6 Å². The zero-order chi connectivity index (χ0) is 20.3. The highest BCUT2D eigenvalue weighted by atomic mass is 16.7. The Kier molecular flexibility index (Phi) is 6.40. The second-order valence-corrected chi connectivity index (χ2v) is 8.82. The lowest BCUT2D eigenvalue weighted by molar-refractivity contribution is -0.140. The molecule has 2 heterocycles. The molecule has 0 saturated carbocycles. The molecule has 0 aromatic heterocycles. The van der Waals surface area contributed by atoms with Crippen molar-refractivity contribution in [2.75, 3.05) is 26.3 Å². The van der Waals surface area contributed by atoms with Gasteiger partial charge in [0.25, 0.3) is 5.91 Å². The summed E-state index contributed by atoms with van der Waals surface area (Å²) in [7, 11) is 0. The summed E-state index contributed by atoms with van der Waals surface area (Å²) in [5.41, 5.74) is 1.77. The van der Waals surface area contributed by atoms with Crippen molar-refractivity contribution >= 4 is 11.8 Å². The molecule has 2 aliphatic heterocycles. The van der Waals surface area contributed by atoms with Crippen LogP contribution < -0.4 is 5.32 Å². The fourth-order valence-electron chi connectivity index (χ4n) is 3.82. The largest absolute Gasteiger partial charge is 0.350 e. The maximum absolute atomic E-state index is 12.8. The van der Waals surface area contributed by atoms with Crippen LogP contribution in [-0.4, -0.2) is 55.3 Å². The average Bonchev–Trinajstić information content (AvgIpc) is 3.21. The Labute approximate surface area is 167 Å². The first-order valence-corrected chi connectivity index (χ1v) is 10.2. The maximum Gasteiger partial charge on any atom is 0.251 e. The van der Waals surface area contributed by atoms with E-state index in [4.69, 9.17) is 9.47 Å². The summed E-state index contributed by atoms with van der Waals surface area (Å²) in [5, 5.41) is 2.84. The molecule has 6 nitrogen and oxygen atoms in total. The van der Waals surface area contributed by atoms with Crippen LogP contribution in [0.1, 0.15) is 56.5 Å². The molecular formula is C22H32N2O4. The van der Waals surface area contributed by atoms with Gasteiger partial charge in [0.05, 0.1) is 13.2 Å². The number of nitrogens with zero attached hydrogens (tertiary/aromatic N) is 1. The minimum atomic E-state index is -0.570. The smallest absolute Gasteiger partial charge is 0.251 e. The molecule has 6 heteroatoms. The molecule has 2 amide bonds. The van der Waals surface area contributed by atoms with Crippen molar-refractivity contribution in [2.45, 2.75) is 58.3 Å². The number of rotatable bonds is 4. The fraction of sp³-hybridized carbons (Fsp3) is 0.636. The zero-order valence-corrected chi connectivity index (χ0v) is 17.4. The van der Waals surface area contributed by atoms with Gasteiger partial charge in [-0.15, -0.1) is 0 Å². The van der Waals surface area contributed by atoms with E-state index in [0.29, 0.717) is 31.9 Å². The molecule has 0 spiro atoms. The predicted octanol–water partition coefficient (Wildman–Crippen LogP) is 2.71. The van der Waals surface area contributed by atoms with Gasteiger partial charge in [-0.25, -0.2) is 0 Å². The summed E-state index contributed by atoms with van der Waals surface area (Å²) in [6, 6.07) is 7.01. The SMILES string of the molecule is CC(NC(=O)c1ccc(C(C)(C)C)cc1)C(=O)N1CCCC(C2OCCO2)C1. The lowest BCUT2D eigenvalue weighted by Crippen LogP contribution is -2.51. The highest BCUT2D eigenvalue weighted by molar-refractivity contribution is 5.97. The minimum Gasteiger partial charge on any atom is -0.350 e. The van der Waals surface area contributed by atoms with Crippen LogP contribution in [0.4, 0.5) is 0 Å². The molecular weight excluding hydrogens is 356 g/mol. The van der Waals surface area contributed by atoms with E-state index in [1.54, 1.807) is 6.92 Å².